The molecule has 0 fully saturated rings. The van der Waals surface area contributed by atoms with Crippen molar-refractivity contribution in [3.05, 3.63) is 28.2 Å². The number of benzene rings is 1. The van der Waals surface area contributed by atoms with Crippen LogP contribution in [0.3, 0.4) is 0 Å². The fraction of sp³-hybridized carbons (Fsp3) is 0.417. The third kappa shape index (κ3) is 5.29. The van der Waals surface area contributed by atoms with Gasteiger partial charge in [-0.25, -0.2) is 0 Å². The fourth-order valence-corrected chi connectivity index (χ4v) is 1.57. The second-order valence-corrected chi connectivity index (χ2v) is 4.74. The van der Waals surface area contributed by atoms with Crippen LogP contribution in [-0.2, 0) is 4.79 Å². The molecule has 0 bridgehead atoms. The summed E-state index contributed by atoms with van der Waals surface area (Å²) in [6.07, 6.45) is 0.293. The number of carbonyl (C=O) groups is 1. The summed E-state index contributed by atoms with van der Waals surface area (Å²) in [7, 11) is 0. The lowest BCUT2D eigenvalue weighted by Crippen LogP contribution is -2.31. The summed E-state index contributed by atoms with van der Waals surface area (Å²) in [5, 5.41) is 3.81. The molecule has 17 heavy (non-hydrogen) atoms. The van der Waals surface area contributed by atoms with Crippen molar-refractivity contribution in [3.63, 3.8) is 0 Å². The molecule has 0 aliphatic heterocycles. The van der Waals surface area contributed by atoms with Crippen molar-refractivity contribution in [1.29, 1.82) is 0 Å². The summed E-state index contributed by atoms with van der Waals surface area (Å²) in [5.74, 6) is 0.453. The highest BCUT2D eigenvalue weighted by molar-refractivity contribution is 6.34. The van der Waals surface area contributed by atoms with Crippen molar-refractivity contribution < 1.29 is 9.53 Å². The quantitative estimate of drug-likeness (QED) is 0.896. The van der Waals surface area contributed by atoms with Gasteiger partial charge < -0.3 is 10.1 Å². The molecule has 0 saturated heterocycles. The Bertz CT molecular complexity index is 394. The maximum Gasteiger partial charge on any atom is 0.223 e. The van der Waals surface area contributed by atoms with Crippen molar-refractivity contribution in [2.24, 2.45) is 0 Å². The monoisotopic (exact) mass is 275 g/mol. The first-order valence-electron chi connectivity index (χ1n) is 5.36. The largest absolute Gasteiger partial charge is 0.491 e. The van der Waals surface area contributed by atoms with Crippen LogP contribution in [0.1, 0.15) is 20.3 Å². The molecule has 0 saturated carbocycles. The fourth-order valence-electron chi connectivity index (χ4n) is 1.24. The second kappa shape index (κ2) is 6.72. The highest BCUT2D eigenvalue weighted by Crippen LogP contribution is 2.27. The molecule has 0 spiro atoms. The molecule has 0 radical (unpaired) electrons. The highest BCUT2D eigenvalue weighted by atomic mass is 35.5. The summed E-state index contributed by atoms with van der Waals surface area (Å²) in [5.41, 5.74) is 0. The van der Waals surface area contributed by atoms with Gasteiger partial charge in [-0.05, 0) is 26.0 Å². The summed E-state index contributed by atoms with van der Waals surface area (Å²) in [6.45, 7) is 4.10. The Balaban J connectivity index is 2.40. The highest BCUT2D eigenvalue weighted by Gasteiger charge is 2.06. The third-order valence-electron chi connectivity index (χ3n) is 1.93. The average molecular weight is 276 g/mol. The van der Waals surface area contributed by atoms with Crippen molar-refractivity contribution in [3.8, 4) is 5.75 Å². The zero-order chi connectivity index (χ0) is 12.8. The van der Waals surface area contributed by atoms with E-state index in [1.54, 1.807) is 18.2 Å². The van der Waals surface area contributed by atoms with E-state index in [-0.39, 0.29) is 18.6 Å². The first kappa shape index (κ1) is 14.1. The summed E-state index contributed by atoms with van der Waals surface area (Å²) >= 11 is 11.7. The van der Waals surface area contributed by atoms with Gasteiger partial charge in [0.2, 0.25) is 5.91 Å². The number of hydrogen-bond acceptors (Lipinski definition) is 2. The van der Waals surface area contributed by atoms with Gasteiger partial charge in [0, 0.05) is 17.1 Å². The molecule has 1 amide bonds. The molecular formula is C12H15Cl2NO2. The maximum atomic E-state index is 11.3. The van der Waals surface area contributed by atoms with Crippen LogP contribution in [0, 0.1) is 0 Å². The molecule has 3 nitrogen and oxygen atoms in total. The van der Waals surface area contributed by atoms with Gasteiger partial charge in [-0.2, -0.15) is 0 Å². The van der Waals surface area contributed by atoms with E-state index >= 15 is 0 Å². The minimum absolute atomic E-state index is 0.0434. The van der Waals surface area contributed by atoms with E-state index in [0.717, 1.165) is 0 Å². The van der Waals surface area contributed by atoms with Crippen LogP contribution in [0.25, 0.3) is 0 Å². The summed E-state index contributed by atoms with van der Waals surface area (Å²) in [4.78, 5) is 11.3. The van der Waals surface area contributed by atoms with Crippen molar-refractivity contribution in [2.75, 3.05) is 6.61 Å². The lowest BCUT2D eigenvalue weighted by molar-refractivity contribution is -0.122. The van der Waals surface area contributed by atoms with Crippen molar-refractivity contribution in [1.82, 2.24) is 5.32 Å². The number of rotatable bonds is 5. The predicted octanol–water partition coefficient (Wildman–Crippen LogP) is 3.29. The predicted molar refractivity (Wildman–Crippen MR) is 69.9 cm³/mol. The van der Waals surface area contributed by atoms with Crippen LogP contribution in [0.5, 0.6) is 5.75 Å². The molecule has 1 aromatic carbocycles. The number of amides is 1. The summed E-state index contributed by atoms with van der Waals surface area (Å²) in [6, 6.07) is 5.11. The Morgan fingerprint density at radius 3 is 2.76 bits per heavy atom. The SMILES string of the molecule is CC(C)NC(=O)CCOc1cc(Cl)ccc1Cl. The lowest BCUT2D eigenvalue weighted by atomic mass is 10.3. The Kier molecular flexibility index (Phi) is 5.59. The van der Waals surface area contributed by atoms with E-state index in [9.17, 15) is 4.79 Å². The molecule has 1 N–H and O–H groups in total. The zero-order valence-electron chi connectivity index (χ0n) is 9.80. The number of halogens is 2. The van der Waals surface area contributed by atoms with Gasteiger partial charge in [0.05, 0.1) is 18.1 Å². The topological polar surface area (TPSA) is 38.3 Å². The average Bonchev–Trinajstić information content (AvgIpc) is 2.22. The smallest absolute Gasteiger partial charge is 0.223 e. The van der Waals surface area contributed by atoms with Gasteiger partial charge in [-0.3, -0.25) is 4.79 Å². The summed E-state index contributed by atoms with van der Waals surface area (Å²) < 4.78 is 5.39. The molecular weight excluding hydrogens is 261 g/mol. The molecule has 0 heterocycles. The van der Waals surface area contributed by atoms with Gasteiger partial charge in [0.1, 0.15) is 5.75 Å². The molecule has 1 rings (SSSR count). The van der Waals surface area contributed by atoms with Gasteiger partial charge in [0.15, 0.2) is 0 Å². The molecule has 0 aliphatic rings. The van der Waals surface area contributed by atoms with Crippen molar-refractivity contribution in [2.45, 2.75) is 26.3 Å². The molecule has 0 unspecified atom stereocenters. The number of hydrogen-bond donors (Lipinski definition) is 1. The van der Waals surface area contributed by atoms with Crippen LogP contribution in [0.4, 0.5) is 0 Å². The minimum Gasteiger partial charge on any atom is -0.491 e. The molecule has 0 aliphatic carbocycles. The Hall–Kier alpha value is -0.930. The molecule has 94 valence electrons. The molecule has 5 heteroatoms. The van der Waals surface area contributed by atoms with E-state index in [4.69, 9.17) is 27.9 Å². The lowest BCUT2D eigenvalue weighted by Gasteiger charge is -2.10. The Morgan fingerprint density at radius 2 is 2.12 bits per heavy atom. The van der Waals surface area contributed by atoms with E-state index in [2.05, 4.69) is 5.32 Å². The first-order chi connectivity index (χ1) is 7.99. The van der Waals surface area contributed by atoms with Gasteiger partial charge >= 0.3 is 0 Å². The third-order valence-corrected chi connectivity index (χ3v) is 2.48. The van der Waals surface area contributed by atoms with E-state index in [1.165, 1.54) is 0 Å². The second-order valence-electron chi connectivity index (χ2n) is 3.90. The minimum atomic E-state index is -0.0434. The number of nitrogens with one attached hydrogen (secondary N) is 1. The Morgan fingerprint density at radius 1 is 1.41 bits per heavy atom. The van der Waals surface area contributed by atoms with E-state index in [1.807, 2.05) is 13.8 Å². The maximum absolute atomic E-state index is 11.3. The van der Waals surface area contributed by atoms with Gasteiger partial charge in [0.25, 0.3) is 0 Å². The first-order valence-corrected chi connectivity index (χ1v) is 6.12. The standard InChI is InChI=1S/C12H15Cl2NO2/c1-8(2)15-12(16)5-6-17-11-7-9(13)3-4-10(11)14/h3-4,7-8H,5-6H2,1-2H3,(H,15,16). The van der Waals surface area contributed by atoms with Crippen LogP contribution in [0.15, 0.2) is 18.2 Å². The molecule has 0 aromatic heterocycles. The Labute approximate surface area is 111 Å². The van der Waals surface area contributed by atoms with E-state index in [0.29, 0.717) is 22.2 Å². The van der Waals surface area contributed by atoms with E-state index < -0.39 is 0 Å². The van der Waals surface area contributed by atoms with Crippen LogP contribution in [-0.4, -0.2) is 18.6 Å². The van der Waals surface area contributed by atoms with Crippen LogP contribution >= 0.6 is 23.2 Å². The number of ether oxygens (including phenoxy) is 1. The van der Waals surface area contributed by atoms with Crippen molar-refractivity contribution >= 4 is 29.1 Å². The van der Waals surface area contributed by atoms with Gasteiger partial charge in [-0.1, -0.05) is 23.2 Å². The van der Waals surface area contributed by atoms with Gasteiger partial charge in [-0.15, -0.1) is 0 Å². The zero-order valence-corrected chi connectivity index (χ0v) is 11.3. The van der Waals surface area contributed by atoms with Crippen LogP contribution < -0.4 is 10.1 Å². The normalized spacial score (nSPS) is 10.4. The molecule has 0 atom stereocenters. The van der Waals surface area contributed by atoms with Crippen LogP contribution in [0.2, 0.25) is 10.0 Å². The number of carbonyl (C=O) groups excluding carboxylic acids is 1. The molecule has 1 aromatic rings.